The summed E-state index contributed by atoms with van der Waals surface area (Å²) in [5.74, 6) is -2.63. The fraction of sp³-hybridized carbons (Fsp3) is 0.222. The first kappa shape index (κ1) is 31.7. The zero-order valence-electron chi connectivity index (χ0n) is 25.0. The maximum atomic E-state index is 13.2. The van der Waals surface area contributed by atoms with Crippen molar-refractivity contribution >= 4 is 29.5 Å². The zero-order chi connectivity index (χ0) is 31.5. The summed E-state index contributed by atoms with van der Waals surface area (Å²) in [4.78, 5) is 52.4. The Morgan fingerprint density at radius 3 is 1.89 bits per heavy atom. The van der Waals surface area contributed by atoms with Crippen molar-refractivity contribution in [2.24, 2.45) is 0 Å². The molecule has 1 amide bonds. The van der Waals surface area contributed by atoms with Crippen LogP contribution >= 0.6 is 0 Å². The summed E-state index contributed by atoms with van der Waals surface area (Å²) < 4.78 is 16.0. The molecule has 4 rings (SSSR count). The predicted molar refractivity (Wildman–Crippen MR) is 167 cm³/mol. The van der Waals surface area contributed by atoms with E-state index in [1.165, 1.54) is 0 Å². The highest BCUT2D eigenvalue weighted by molar-refractivity contribution is 6.09. The van der Waals surface area contributed by atoms with Crippen molar-refractivity contribution < 1.29 is 33.4 Å². The Labute approximate surface area is 257 Å². The van der Waals surface area contributed by atoms with Crippen molar-refractivity contribution in [3.63, 3.8) is 0 Å². The Balaban J connectivity index is 1.44. The van der Waals surface area contributed by atoms with Crippen LogP contribution in [-0.4, -0.2) is 43.6 Å². The lowest BCUT2D eigenvalue weighted by molar-refractivity contribution is -0.170. The minimum Gasteiger partial charge on any atom is -0.465 e. The third-order valence-electron chi connectivity index (χ3n) is 7.06. The van der Waals surface area contributed by atoms with Gasteiger partial charge in [0.1, 0.15) is 6.61 Å². The molecule has 0 spiro atoms. The molecule has 0 atom stereocenters. The van der Waals surface area contributed by atoms with Gasteiger partial charge in [-0.2, -0.15) is 0 Å². The summed E-state index contributed by atoms with van der Waals surface area (Å²) in [5.41, 5.74) is 2.94. The van der Waals surface area contributed by atoms with E-state index in [-0.39, 0.29) is 25.5 Å². The van der Waals surface area contributed by atoms with E-state index in [1.54, 1.807) is 74.5 Å². The molecule has 0 radical (unpaired) electrons. The summed E-state index contributed by atoms with van der Waals surface area (Å²) in [5, 5.41) is 2.91. The van der Waals surface area contributed by atoms with E-state index in [0.717, 1.165) is 16.7 Å². The third-order valence-corrected chi connectivity index (χ3v) is 7.06. The van der Waals surface area contributed by atoms with Gasteiger partial charge < -0.3 is 19.5 Å². The molecule has 4 aromatic carbocycles. The lowest BCUT2D eigenvalue weighted by Gasteiger charge is -2.29. The second kappa shape index (κ2) is 14.8. The van der Waals surface area contributed by atoms with E-state index in [1.807, 2.05) is 49.4 Å². The van der Waals surface area contributed by atoms with E-state index < -0.39 is 29.9 Å². The fourth-order valence-corrected chi connectivity index (χ4v) is 4.73. The number of esters is 3. The van der Waals surface area contributed by atoms with E-state index in [2.05, 4.69) is 5.32 Å². The number of ether oxygens (including phenoxy) is 3. The molecule has 8 nitrogen and oxygen atoms in total. The number of carbonyl (C=O) groups excluding carboxylic acids is 4. The lowest BCUT2D eigenvalue weighted by atomic mass is 9.81. The molecule has 0 heterocycles. The molecule has 0 bridgehead atoms. The predicted octanol–water partition coefficient (Wildman–Crippen LogP) is 6.06. The maximum absolute atomic E-state index is 13.2. The van der Waals surface area contributed by atoms with Crippen LogP contribution in [0.2, 0.25) is 0 Å². The van der Waals surface area contributed by atoms with Crippen LogP contribution in [0.4, 0.5) is 5.69 Å². The SMILES string of the molecule is CCOC(=O)C(COC(=O)Cc1ccc(NC(=O)c2ccccc2-c2ccc(C)cc2)cc1)(C(=O)OCC)c1ccccc1. The van der Waals surface area contributed by atoms with Gasteiger partial charge in [-0.15, -0.1) is 0 Å². The normalized spacial score (nSPS) is 10.9. The van der Waals surface area contributed by atoms with Gasteiger partial charge in [0.25, 0.3) is 5.91 Å². The maximum Gasteiger partial charge on any atom is 0.331 e. The molecule has 0 saturated heterocycles. The minimum atomic E-state index is -1.97. The molecule has 0 saturated carbocycles. The van der Waals surface area contributed by atoms with Gasteiger partial charge in [0, 0.05) is 11.3 Å². The first-order valence-electron chi connectivity index (χ1n) is 14.4. The Bertz CT molecular complexity index is 1580. The van der Waals surface area contributed by atoms with Crippen molar-refractivity contribution in [1.82, 2.24) is 0 Å². The second-order valence-electron chi connectivity index (χ2n) is 10.1. The molecule has 0 unspecified atom stereocenters. The topological polar surface area (TPSA) is 108 Å². The molecule has 44 heavy (non-hydrogen) atoms. The Hall–Kier alpha value is -5.24. The Morgan fingerprint density at radius 1 is 0.682 bits per heavy atom. The molecular weight excluding hydrogens is 558 g/mol. The van der Waals surface area contributed by atoms with Crippen LogP contribution in [0.5, 0.6) is 0 Å². The van der Waals surface area contributed by atoms with Gasteiger partial charge in [-0.3, -0.25) is 19.2 Å². The largest absolute Gasteiger partial charge is 0.465 e. The molecule has 0 fully saturated rings. The van der Waals surface area contributed by atoms with Crippen LogP contribution in [0.1, 0.15) is 40.9 Å². The molecule has 0 aromatic heterocycles. The van der Waals surface area contributed by atoms with Crippen LogP contribution in [0, 0.1) is 6.92 Å². The van der Waals surface area contributed by atoms with Gasteiger partial charge in [0.2, 0.25) is 5.41 Å². The first-order valence-corrected chi connectivity index (χ1v) is 14.4. The molecule has 0 aliphatic heterocycles. The molecule has 1 N–H and O–H groups in total. The number of anilines is 1. The van der Waals surface area contributed by atoms with Gasteiger partial charge in [0.05, 0.1) is 19.6 Å². The van der Waals surface area contributed by atoms with E-state index >= 15 is 0 Å². The standard InChI is InChI=1S/C36H35NO7/c1-4-42-34(40)36(35(41)43-5-2,28-11-7-6-8-12-28)24-44-32(38)23-26-17-21-29(22-18-26)37-33(39)31-14-10-9-13-30(31)27-19-15-25(3)16-20-27/h6-22H,4-5,23-24H2,1-3H3,(H,37,39). The van der Waals surface area contributed by atoms with Crippen molar-refractivity contribution in [2.45, 2.75) is 32.6 Å². The van der Waals surface area contributed by atoms with Crippen LogP contribution in [0.3, 0.4) is 0 Å². The summed E-state index contributed by atoms with van der Waals surface area (Å²) >= 11 is 0. The highest BCUT2D eigenvalue weighted by Gasteiger charge is 2.52. The fourth-order valence-electron chi connectivity index (χ4n) is 4.73. The van der Waals surface area contributed by atoms with Gasteiger partial charge in [-0.05, 0) is 61.2 Å². The molecule has 0 aliphatic rings. The summed E-state index contributed by atoms with van der Waals surface area (Å²) in [6.07, 6.45) is -0.124. The number of aryl methyl sites for hydroxylation is 1. The number of rotatable bonds is 12. The van der Waals surface area contributed by atoms with Crippen molar-refractivity contribution in [1.29, 1.82) is 0 Å². The molecule has 8 heteroatoms. The minimum absolute atomic E-state index is 0.0290. The number of nitrogens with one attached hydrogen (secondary N) is 1. The summed E-state index contributed by atoms with van der Waals surface area (Å²) in [6, 6.07) is 30.4. The average molecular weight is 594 g/mol. The van der Waals surface area contributed by atoms with Crippen molar-refractivity contribution in [2.75, 3.05) is 25.1 Å². The molecule has 4 aromatic rings. The van der Waals surface area contributed by atoms with Crippen molar-refractivity contribution in [3.8, 4) is 11.1 Å². The van der Waals surface area contributed by atoms with E-state index in [0.29, 0.717) is 22.4 Å². The second-order valence-corrected chi connectivity index (χ2v) is 10.1. The van der Waals surface area contributed by atoms with Gasteiger partial charge in [0.15, 0.2) is 0 Å². The van der Waals surface area contributed by atoms with Crippen LogP contribution in [0.25, 0.3) is 11.1 Å². The monoisotopic (exact) mass is 593 g/mol. The number of benzene rings is 4. The summed E-state index contributed by atoms with van der Waals surface area (Å²) in [7, 11) is 0. The average Bonchev–Trinajstić information content (AvgIpc) is 3.03. The number of hydrogen-bond donors (Lipinski definition) is 1. The van der Waals surface area contributed by atoms with Crippen molar-refractivity contribution in [3.05, 3.63) is 125 Å². The summed E-state index contributed by atoms with van der Waals surface area (Å²) in [6.45, 7) is 4.74. The van der Waals surface area contributed by atoms with Gasteiger partial charge in [-0.1, -0.05) is 90.5 Å². The number of amides is 1. The Kier molecular flexibility index (Phi) is 10.6. The molecule has 226 valence electrons. The zero-order valence-corrected chi connectivity index (χ0v) is 25.0. The lowest BCUT2D eigenvalue weighted by Crippen LogP contribution is -2.50. The van der Waals surface area contributed by atoms with Gasteiger partial charge in [-0.25, -0.2) is 0 Å². The van der Waals surface area contributed by atoms with E-state index in [9.17, 15) is 19.2 Å². The smallest absolute Gasteiger partial charge is 0.331 e. The van der Waals surface area contributed by atoms with E-state index in [4.69, 9.17) is 14.2 Å². The van der Waals surface area contributed by atoms with Crippen LogP contribution in [-0.2, 0) is 40.4 Å². The number of hydrogen-bond acceptors (Lipinski definition) is 7. The highest BCUT2D eigenvalue weighted by Crippen LogP contribution is 2.29. The third kappa shape index (κ3) is 7.39. The van der Waals surface area contributed by atoms with Gasteiger partial charge >= 0.3 is 17.9 Å². The Morgan fingerprint density at radius 2 is 1.27 bits per heavy atom. The molecule has 0 aliphatic carbocycles. The first-order chi connectivity index (χ1) is 21.3. The number of carbonyl (C=O) groups is 4. The van der Waals surface area contributed by atoms with Crippen LogP contribution in [0.15, 0.2) is 103 Å². The quantitative estimate of drug-likeness (QED) is 0.121. The highest BCUT2D eigenvalue weighted by atomic mass is 16.6. The molecular formula is C36H35NO7. The van der Waals surface area contributed by atoms with Crippen LogP contribution < -0.4 is 5.32 Å².